The molecule has 8 nitrogen and oxygen atoms in total. The topological polar surface area (TPSA) is 153 Å². The van der Waals surface area contributed by atoms with E-state index in [9.17, 15) is 44.7 Å². The number of nitriles is 6. The highest BCUT2D eigenvalue weighted by atomic mass is 19.4. The molecule has 0 saturated heterocycles. The third kappa shape index (κ3) is 6.34. The summed E-state index contributed by atoms with van der Waals surface area (Å²) in [5, 5.41) is 64.6. The van der Waals surface area contributed by atoms with Crippen LogP contribution in [-0.2, 0) is 6.18 Å². The summed E-state index contributed by atoms with van der Waals surface area (Å²) in [5.74, 6) is 0. The maximum Gasteiger partial charge on any atom is 0.416 e. The van der Waals surface area contributed by atoms with Crippen LogP contribution in [0.2, 0.25) is 0 Å². The van der Waals surface area contributed by atoms with Crippen molar-refractivity contribution >= 4 is 43.6 Å². The lowest BCUT2D eigenvalue weighted by atomic mass is 9.95. The maximum atomic E-state index is 14.1. The van der Waals surface area contributed by atoms with Crippen molar-refractivity contribution < 1.29 is 13.2 Å². The van der Waals surface area contributed by atoms with E-state index < -0.39 is 11.7 Å². The van der Waals surface area contributed by atoms with Crippen LogP contribution < -0.4 is 0 Å². The molecule has 0 atom stereocenters. The molecular formula is C55H25F3N8. The highest BCUT2D eigenvalue weighted by Gasteiger charge is 2.32. The molecule has 0 amide bonds. The fourth-order valence-electron chi connectivity index (χ4n) is 9.01. The third-order valence-corrected chi connectivity index (χ3v) is 12.0. The van der Waals surface area contributed by atoms with E-state index in [0.29, 0.717) is 72.4 Å². The molecule has 306 valence electrons. The van der Waals surface area contributed by atoms with E-state index in [1.165, 1.54) is 18.2 Å². The van der Waals surface area contributed by atoms with Crippen molar-refractivity contribution in [2.45, 2.75) is 6.18 Å². The van der Waals surface area contributed by atoms with E-state index in [2.05, 4.69) is 30.3 Å². The molecule has 66 heavy (non-hydrogen) atoms. The molecule has 0 radical (unpaired) electrons. The van der Waals surface area contributed by atoms with Gasteiger partial charge in [-0.1, -0.05) is 78.9 Å². The van der Waals surface area contributed by atoms with E-state index >= 15 is 0 Å². The third-order valence-electron chi connectivity index (χ3n) is 12.0. The van der Waals surface area contributed by atoms with Gasteiger partial charge in [0, 0.05) is 21.5 Å². The largest absolute Gasteiger partial charge is 0.416 e. The number of fused-ring (bicyclic) bond motifs is 6. The lowest BCUT2D eigenvalue weighted by molar-refractivity contribution is -0.137. The number of aromatic nitrogens is 2. The Kier molecular flexibility index (Phi) is 9.41. The Hall–Kier alpha value is -9.91. The van der Waals surface area contributed by atoms with Gasteiger partial charge in [0.2, 0.25) is 0 Å². The molecule has 11 heteroatoms. The summed E-state index contributed by atoms with van der Waals surface area (Å²) in [6, 6.07) is 55.9. The monoisotopic (exact) mass is 854 g/mol. The Balaban J connectivity index is 1.34. The second kappa shape index (κ2) is 15.5. The average molecular weight is 855 g/mol. The maximum absolute atomic E-state index is 14.1. The summed E-state index contributed by atoms with van der Waals surface area (Å²) >= 11 is 0. The van der Waals surface area contributed by atoms with Gasteiger partial charge in [0.15, 0.2) is 0 Å². The smallest absolute Gasteiger partial charge is 0.308 e. The zero-order chi connectivity index (χ0) is 45.9. The number of hydrogen-bond donors (Lipinski definition) is 0. The molecule has 0 unspecified atom stereocenters. The number of hydrogen-bond acceptors (Lipinski definition) is 6. The summed E-state index contributed by atoms with van der Waals surface area (Å²) < 4.78 is 46.1. The normalized spacial score (nSPS) is 11.2. The van der Waals surface area contributed by atoms with Gasteiger partial charge in [0.1, 0.15) is 11.6 Å². The molecule has 0 N–H and O–H groups in total. The lowest BCUT2D eigenvalue weighted by Gasteiger charge is -2.19. The van der Waals surface area contributed by atoms with Crippen molar-refractivity contribution in [3.05, 3.63) is 191 Å². The molecule has 0 spiro atoms. The minimum Gasteiger partial charge on any atom is -0.308 e. The Bertz CT molecular complexity index is 3800. The fourth-order valence-corrected chi connectivity index (χ4v) is 9.01. The summed E-state index contributed by atoms with van der Waals surface area (Å²) in [5.41, 5.74) is 6.65. The molecule has 0 aliphatic heterocycles. The van der Waals surface area contributed by atoms with Crippen LogP contribution in [-0.4, -0.2) is 9.13 Å². The van der Waals surface area contributed by atoms with Gasteiger partial charge in [-0.05, 0) is 106 Å². The van der Waals surface area contributed by atoms with Gasteiger partial charge < -0.3 is 9.13 Å². The van der Waals surface area contributed by atoms with Gasteiger partial charge in [-0.15, -0.1) is 0 Å². The predicted molar refractivity (Wildman–Crippen MR) is 245 cm³/mol. The number of nitrogens with zero attached hydrogens (tertiary/aromatic N) is 8. The van der Waals surface area contributed by atoms with Gasteiger partial charge in [0.05, 0.1) is 97.2 Å². The van der Waals surface area contributed by atoms with Crippen LogP contribution in [0.1, 0.15) is 38.9 Å². The molecule has 2 aromatic heterocycles. The minimum absolute atomic E-state index is 0.192. The van der Waals surface area contributed by atoms with E-state index in [0.717, 1.165) is 33.7 Å². The molecule has 0 bridgehead atoms. The van der Waals surface area contributed by atoms with Crippen molar-refractivity contribution in [1.29, 1.82) is 31.6 Å². The Morgan fingerprint density at radius 1 is 0.364 bits per heavy atom. The molecule has 0 fully saturated rings. The van der Waals surface area contributed by atoms with E-state index in [1.54, 1.807) is 36.4 Å². The molecule has 0 aliphatic rings. The molecule has 8 aromatic carbocycles. The number of halogens is 3. The first-order valence-electron chi connectivity index (χ1n) is 20.2. The fraction of sp³-hybridized carbons (Fsp3) is 0.0182. The highest BCUT2D eigenvalue weighted by Crippen LogP contribution is 2.43. The first-order valence-corrected chi connectivity index (χ1v) is 20.2. The number of para-hydroxylation sites is 2. The quantitative estimate of drug-likeness (QED) is 0.168. The molecular weight excluding hydrogens is 830 g/mol. The van der Waals surface area contributed by atoms with Crippen molar-refractivity contribution in [2.75, 3.05) is 0 Å². The van der Waals surface area contributed by atoms with E-state index in [4.69, 9.17) is 0 Å². The van der Waals surface area contributed by atoms with Crippen molar-refractivity contribution in [1.82, 2.24) is 9.13 Å². The van der Waals surface area contributed by atoms with Crippen molar-refractivity contribution in [3.8, 4) is 81.2 Å². The Labute approximate surface area is 374 Å². The predicted octanol–water partition coefficient (Wildman–Crippen LogP) is 13.1. The standard InChI is InChI=1S/C55H25F3N8/c56-55(57,58)40-13-18-43(39(21-40)30-63)36-24-53(65-49-7-3-1-5-44(49)46-16-11-34(22-51(46)65)41-14-9-32(26-59)19-37(41)28-61)48(31-64)54(25-36)66-50-8-4-2-6-45(50)47-17-12-35(23-52(47)66)42-15-10-33(27-60)20-38(42)29-62/h1-25H. The van der Waals surface area contributed by atoms with Gasteiger partial charge in [0.25, 0.3) is 0 Å². The SMILES string of the molecule is N#Cc1ccc(-c2ccc3c4ccccc4n(-c4cc(-c5ccc(C(F)(F)F)cc5C#N)cc(-n5c6ccccc6c6ccc(-c7ccc(C#N)cc7C#N)cc65)c4C#N)c3c2)c(C#N)c1. The van der Waals surface area contributed by atoms with Crippen LogP contribution in [0.25, 0.3) is 88.4 Å². The molecule has 10 aromatic rings. The number of benzene rings is 8. The molecule has 0 saturated carbocycles. The average Bonchev–Trinajstić information content (AvgIpc) is 3.86. The summed E-state index contributed by atoms with van der Waals surface area (Å²) in [6.07, 6.45) is -4.72. The Morgan fingerprint density at radius 2 is 0.788 bits per heavy atom. The van der Waals surface area contributed by atoms with Crippen LogP contribution in [0.4, 0.5) is 13.2 Å². The lowest BCUT2D eigenvalue weighted by Crippen LogP contribution is -2.07. The zero-order valence-electron chi connectivity index (χ0n) is 34.1. The summed E-state index contributed by atoms with van der Waals surface area (Å²) in [6.45, 7) is 0. The van der Waals surface area contributed by atoms with Crippen LogP contribution in [0.3, 0.4) is 0 Å². The van der Waals surface area contributed by atoms with E-state index in [1.807, 2.05) is 100 Å². The summed E-state index contributed by atoms with van der Waals surface area (Å²) in [7, 11) is 0. The number of rotatable bonds is 5. The van der Waals surface area contributed by atoms with Gasteiger partial charge in [-0.2, -0.15) is 44.7 Å². The van der Waals surface area contributed by atoms with Crippen LogP contribution in [0.5, 0.6) is 0 Å². The zero-order valence-corrected chi connectivity index (χ0v) is 34.1. The van der Waals surface area contributed by atoms with Crippen LogP contribution in [0, 0.1) is 68.0 Å². The van der Waals surface area contributed by atoms with Crippen molar-refractivity contribution in [3.63, 3.8) is 0 Å². The minimum atomic E-state index is -4.72. The first kappa shape index (κ1) is 40.2. The molecule has 10 rings (SSSR count). The molecule has 0 aliphatic carbocycles. The Morgan fingerprint density at radius 3 is 1.23 bits per heavy atom. The van der Waals surface area contributed by atoms with Crippen LogP contribution in [0.15, 0.2) is 152 Å². The molecule has 2 heterocycles. The van der Waals surface area contributed by atoms with Crippen molar-refractivity contribution in [2.24, 2.45) is 0 Å². The second-order valence-electron chi connectivity index (χ2n) is 15.5. The first-order chi connectivity index (χ1) is 32.1. The van der Waals surface area contributed by atoms with Gasteiger partial charge >= 0.3 is 6.18 Å². The highest BCUT2D eigenvalue weighted by molar-refractivity contribution is 6.12. The second-order valence-corrected chi connectivity index (χ2v) is 15.5. The van der Waals surface area contributed by atoms with Gasteiger partial charge in [-0.3, -0.25) is 0 Å². The van der Waals surface area contributed by atoms with E-state index in [-0.39, 0.29) is 27.8 Å². The van der Waals surface area contributed by atoms with Crippen LogP contribution >= 0.6 is 0 Å². The van der Waals surface area contributed by atoms with Gasteiger partial charge in [-0.25, -0.2) is 0 Å². The summed E-state index contributed by atoms with van der Waals surface area (Å²) in [4.78, 5) is 0. The number of alkyl halides is 3.